The maximum absolute atomic E-state index is 13.1. The van der Waals surface area contributed by atoms with Crippen molar-refractivity contribution < 1.29 is 25.0 Å². The van der Waals surface area contributed by atoms with Crippen molar-refractivity contribution in [3.8, 4) is 5.75 Å². The van der Waals surface area contributed by atoms with Gasteiger partial charge in [-0.15, -0.1) is 0 Å². The van der Waals surface area contributed by atoms with E-state index in [4.69, 9.17) is 24.1 Å². The van der Waals surface area contributed by atoms with E-state index < -0.39 is 21.9 Å². The van der Waals surface area contributed by atoms with Crippen molar-refractivity contribution in [2.24, 2.45) is 0 Å². The second-order valence-electron chi connectivity index (χ2n) is 11.8. The van der Waals surface area contributed by atoms with Crippen LogP contribution in [0.3, 0.4) is 0 Å². The molecule has 0 aromatic heterocycles. The molecule has 0 saturated carbocycles. The number of rotatable bonds is 7. The van der Waals surface area contributed by atoms with Gasteiger partial charge in [-0.1, -0.05) is 0 Å². The Morgan fingerprint density at radius 3 is 1.65 bits per heavy atom. The molecule has 1 aliphatic rings. The number of anilines is 2. The Labute approximate surface area is 268 Å². The molecule has 1 heterocycles. The summed E-state index contributed by atoms with van der Waals surface area (Å²) in [4.78, 5) is 4.73. The molecule has 0 N–H and O–H groups in total. The first-order chi connectivity index (χ1) is 19.9. The molecule has 6 nitrogen and oxygen atoms in total. The number of ether oxygens (including phenoxy) is 1. The van der Waals surface area contributed by atoms with E-state index in [2.05, 4.69) is 75.6 Å². The van der Waals surface area contributed by atoms with Gasteiger partial charge in [0.2, 0.25) is 0 Å². The molecule has 10 heteroatoms. The summed E-state index contributed by atoms with van der Waals surface area (Å²) < 4.78 is 36.3. The van der Waals surface area contributed by atoms with Gasteiger partial charge in [0.15, 0.2) is 0 Å². The van der Waals surface area contributed by atoms with Crippen molar-refractivity contribution in [2.75, 3.05) is 37.0 Å². The Bertz CT molecular complexity index is 1690. The average molecular weight is 734 g/mol. The summed E-state index contributed by atoms with van der Waals surface area (Å²) in [5.41, 5.74) is 9.79. The van der Waals surface area contributed by atoms with E-state index >= 15 is 0 Å². The van der Waals surface area contributed by atoms with Gasteiger partial charge in [-0.05, 0) is 0 Å². The monoisotopic (exact) mass is 733 g/mol. The van der Waals surface area contributed by atoms with Crippen LogP contribution in [0.2, 0.25) is 0 Å². The van der Waals surface area contributed by atoms with E-state index in [0.717, 1.165) is 38.0 Å². The zero-order valence-electron chi connectivity index (χ0n) is 26.7. The van der Waals surface area contributed by atoms with E-state index in [1.807, 2.05) is 18.5 Å². The molecule has 0 aliphatic carbocycles. The third-order valence-corrected chi connectivity index (χ3v) is 14.6. The molecule has 0 radical (unpaired) electrons. The summed E-state index contributed by atoms with van der Waals surface area (Å²) in [6, 6.07) is 13.6. The number of benzene rings is 3. The van der Waals surface area contributed by atoms with Crippen LogP contribution in [0.25, 0.3) is 0 Å². The molecule has 1 fully saturated rings. The molecule has 240 valence electrons. The predicted molar refractivity (Wildman–Crippen MR) is 181 cm³/mol. The summed E-state index contributed by atoms with van der Waals surface area (Å²) in [6.45, 7) is 18.0. The Balaban J connectivity index is 2.11. The van der Waals surface area contributed by atoms with Gasteiger partial charge in [-0.25, -0.2) is 0 Å². The van der Waals surface area contributed by atoms with Gasteiger partial charge >= 0.3 is 270 Å². The zero-order chi connectivity index (χ0) is 32.0. The predicted octanol–water partition coefficient (Wildman–Crippen LogP) is 7.30. The minimum absolute atomic E-state index is 0.128. The third-order valence-electron chi connectivity index (χ3n) is 7.36. The molecular weight excluding hydrogens is 690 g/mol. The van der Waals surface area contributed by atoms with Crippen LogP contribution in [0.15, 0.2) is 47.4 Å². The van der Waals surface area contributed by atoms with Gasteiger partial charge < -0.3 is 0 Å². The average Bonchev–Trinajstić information content (AvgIpc) is 3.28. The molecule has 0 spiro atoms. The van der Waals surface area contributed by atoms with Crippen LogP contribution in [0.1, 0.15) is 52.8 Å². The number of hydrogen-bond acceptors (Lipinski definition) is 5. The fraction of sp³-hybridized carbons (Fsp3) is 0.394. The SMILES string of the molecule is Cc1cc(C)c(N2CCN(c3c(C)cc(C)cc3C)[C]2=[Ru-4]([Cl])([Cl])=[CH]c2cc(S(=O)(=O)N(C)C)ccc2OC(C)C)c(C)c1. The van der Waals surface area contributed by atoms with Crippen LogP contribution in [-0.4, -0.2) is 55.0 Å². The van der Waals surface area contributed by atoms with Crippen molar-refractivity contribution in [1.82, 2.24) is 4.31 Å². The molecule has 0 bridgehead atoms. The van der Waals surface area contributed by atoms with E-state index in [0.29, 0.717) is 24.4 Å². The molecule has 0 atom stereocenters. The summed E-state index contributed by atoms with van der Waals surface area (Å²) in [5, 5.41) is 0. The topological polar surface area (TPSA) is 53.1 Å². The fourth-order valence-corrected chi connectivity index (χ4v) is 12.9. The van der Waals surface area contributed by atoms with Crippen LogP contribution < -0.4 is 14.5 Å². The molecule has 3 aromatic carbocycles. The second-order valence-corrected chi connectivity index (χ2v) is 23.1. The molecule has 1 saturated heterocycles. The minimum atomic E-state index is -3.95. The van der Waals surface area contributed by atoms with Gasteiger partial charge in [0.25, 0.3) is 0 Å². The van der Waals surface area contributed by atoms with Crippen LogP contribution in [-0.2, 0) is 21.9 Å². The molecule has 0 amide bonds. The summed E-state index contributed by atoms with van der Waals surface area (Å²) in [7, 11) is 14.6. The molecule has 1 aliphatic heterocycles. The first-order valence-corrected chi connectivity index (χ1v) is 22.0. The van der Waals surface area contributed by atoms with E-state index in [1.165, 1.54) is 29.5 Å². The van der Waals surface area contributed by atoms with Crippen LogP contribution in [0.5, 0.6) is 5.75 Å². The maximum atomic E-state index is 13.1. The normalized spacial score (nSPS) is 14.7. The van der Waals surface area contributed by atoms with Crippen molar-refractivity contribution in [3.05, 3.63) is 81.4 Å². The van der Waals surface area contributed by atoms with E-state index in [9.17, 15) is 8.42 Å². The number of halogens is 2. The first-order valence-electron chi connectivity index (χ1n) is 14.2. The van der Waals surface area contributed by atoms with Crippen molar-refractivity contribution >= 4 is 49.7 Å². The van der Waals surface area contributed by atoms with Crippen LogP contribution in [0.4, 0.5) is 11.4 Å². The fourth-order valence-electron chi connectivity index (χ4n) is 5.90. The summed E-state index contributed by atoms with van der Waals surface area (Å²) in [6.07, 6.45) is -0.128. The van der Waals surface area contributed by atoms with Gasteiger partial charge in [-0.2, -0.15) is 0 Å². The molecular formula is C33H43Cl2N3O3RuS-4. The van der Waals surface area contributed by atoms with Gasteiger partial charge in [0.1, 0.15) is 0 Å². The number of aryl methyl sites for hydroxylation is 6. The van der Waals surface area contributed by atoms with Crippen LogP contribution in [0, 0.1) is 41.5 Å². The number of sulfonamides is 1. The molecule has 43 heavy (non-hydrogen) atoms. The number of nitrogens with zero attached hydrogens (tertiary/aromatic N) is 3. The van der Waals surface area contributed by atoms with Crippen molar-refractivity contribution in [1.29, 1.82) is 0 Å². The molecule has 3 aromatic rings. The standard InChI is InChI=1S/C21H26N2.C12H17NO3S.2ClH.Ru/c1-14-9-16(3)20(17(4)10-14)22-7-8-23(13-22)21-18(5)11-15(2)12-19(21)6;1-9(2)16-12-7-6-11(8-10(12)3)17(14,15)13(4)5;;;/h9-12H,7-8H2,1-6H3;3,6-9H,1-2,4-5H3;2*1H;/q;;;;-2/p-2. The number of hydrogen-bond donors (Lipinski definition) is 0. The summed E-state index contributed by atoms with van der Waals surface area (Å²) >= 11 is -3.95. The van der Waals surface area contributed by atoms with Gasteiger partial charge in [0.05, 0.1) is 0 Å². The Morgan fingerprint density at radius 1 is 0.814 bits per heavy atom. The second kappa shape index (κ2) is 12.7. The van der Waals surface area contributed by atoms with Crippen LogP contribution >= 0.6 is 19.4 Å². The van der Waals surface area contributed by atoms with Crippen molar-refractivity contribution in [3.63, 3.8) is 0 Å². The Kier molecular flexibility index (Phi) is 10.0. The zero-order valence-corrected chi connectivity index (χ0v) is 30.8. The third kappa shape index (κ3) is 6.94. The Morgan fingerprint density at radius 2 is 1.26 bits per heavy atom. The molecule has 4 rings (SSSR count). The molecule has 0 unspecified atom stereocenters. The van der Waals surface area contributed by atoms with Crippen molar-refractivity contribution in [2.45, 2.75) is 66.4 Å². The summed E-state index contributed by atoms with van der Waals surface area (Å²) in [5.74, 6) is 0.543. The first kappa shape index (κ1) is 33.8. The van der Waals surface area contributed by atoms with E-state index in [-0.39, 0.29) is 11.0 Å². The quantitative estimate of drug-likeness (QED) is 0.239. The van der Waals surface area contributed by atoms with Gasteiger partial charge in [0, 0.05) is 0 Å². The Hall–Kier alpha value is -2.09. The van der Waals surface area contributed by atoms with E-state index in [1.54, 1.807) is 18.2 Å². The van der Waals surface area contributed by atoms with Gasteiger partial charge in [-0.3, -0.25) is 0 Å².